The van der Waals surface area contributed by atoms with Crippen LogP contribution in [0.3, 0.4) is 0 Å². The van der Waals surface area contributed by atoms with Gasteiger partial charge in [0.2, 0.25) is 5.91 Å². The summed E-state index contributed by atoms with van der Waals surface area (Å²) in [6, 6.07) is 10.6. The molecule has 2 aliphatic heterocycles. The van der Waals surface area contributed by atoms with Crippen LogP contribution in [0.25, 0.3) is 10.2 Å². The lowest BCUT2D eigenvalue weighted by Gasteiger charge is -2.32. The molecule has 1 aromatic carbocycles. The van der Waals surface area contributed by atoms with Crippen molar-refractivity contribution in [2.45, 2.75) is 18.9 Å². The van der Waals surface area contributed by atoms with Crippen molar-refractivity contribution in [3.05, 3.63) is 60.1 Å². The van der Waals surface area contributed by atoms with Crippen molar-refractivity contribution in [3.63, 3.8) is 0 Å². The maximum atomic E-state index is 13.2. The maximum absolute atomic E-state index is 13.2. The quantitative estimate of drug-likeness (QED) is 0.594. The molecule has 9 heteroatoms. The number of para-hydroxylation sites is 1. The Morgan fingerprint density at radius 1 is 1.25 bits per heavy atom. The highest BCUT2D eigenvalue weighted by molar-refractivity contribution is 7.21. The van der Waals surface area contributed by atoms with Crippen molar-refractivity contribution in [2.24, 2.45) is 0 Å². The van der Waals surface area contributed by atoms with Gasteiger partial charge in [0, 0.05) is 25.3 Å². The largest absolute Gasteiger partial charge is 0.347 e. The van der Waals surface area contributed by atoms with Crippen LogP contribution in [0.2, 0.25) is 0 Å². The van der Waals surface area contributed by atoms with E-state index >= 15 is 0 Å². The van der Waals surface area contributed by atoms with Gasteiger partial charge < -0.3 is 15.5 Å². The van der Waals surface area contributed by atoms with Gasteiger partial charge in [-0.2, -0.15) is 0 Å². The zero-order chi connectivity index (χ0) is 22.2. The maximum Gasteiger partial charge on any atom is 0.331 e. The van der Waals surface area contributed by atoms with Gasteiger partial charge in [0.25, 0.3) is 5.91 Å². The van der Waals surface area contributed by atoms with E-state index in [2.05, 4.69) is 22.2 Å². The number of nitrogens with one attached hydrogen (secondary N) is 2. The second-order valence-electron chi connectivity index (χ2n) is 7.72. The van der Waals surface area contributed by atoms with E-state index in [4.69, 9.17) is 0 Å². The average Bonchev–Trinajstić information content (AvgIpc) is 3.19. The first kappa shape index (κ1) is 20.2. The predicted octanol–water partition coefficient (Wildman–Crippen LogP) is 3.89. The highest BCUT2D eigenvalue weighted by Crippen LogP contribution is 2.45. The Balaban J connectivity index is 1.47. The SMILES string of the molecule is C=CC(=O)N1CCCC(NC(=O)c2sc3nccc4c3c2NC(=O)N4c2ccccc2)C1. The minimum absolute atomic E-state index is 0.136. The highest BCUT2D eigenvalue weighted by Gasteiger charge is 2.33. The number of thiophene rings is 1. The molecule has 5 rings (SSSR count). The van der Waals surface area contributed by atoms with Gasteiger partial charge in [0.15, 0.2) is 0 Å². The lowest BCUT2D eigenvalue weighted by molar-refractivity contribution is -0.127. The third kappa shape index (κ3) is 3.40. The van der Waals surface area contributed by atoms with Crippen LogP contribution in [-0.2, 0) is 4.79 Å². The second kappa shape index (κ2) is 8.08. The summed E-state index contributed by atoms with van der Waals surface area (Å²) in [6.45, 7) is 4.63. The minimum Gasteiger partial charge on any atom is -0.347 e. The van der Waals surface area contributed by atoms with Gasteiger partial charge in [0.1, 0.15) is 9.71 Å². The summed E-state index contributed by atoms with van der Waals surface area (Å²) in [5, 5.41) is 6.67. The number of nitrogens with zero attached hydrogens (tertiary/aromatic N) is 3. The van der Waals surface area contributed by atoms with E-state index in [9.17, 15) is 14.4 Å². The molecule has 1 atom stereocenters. The van der Waals surface area contributed by atoms with Gasteiger partial charge in [-0.15, -0.1) is 11.3 Å². The fourth-order valence-electron chi connectivity index (χ4n) is 4.25. The van der Waals surface area contributed by atoms with Crippen molar-refractivity contribution in [1.82, 2.24) is 15.2 Å². The number of urea groups is 1. The average molecular weight is 448 g/mol. The lowest BCUT2D eigenvalue weighted by atomic mass is 10.1. The highest BCUT2D eigenvalue weighted by atomic mass is 32.1. The van der Waals surface area contributed by atoms with E-state index in [-0.39, 0.29) is 23.9 Å². The normalized spacial score (nSPS) is 17.8. The molecule has 162 valence electrons. The summed E-state index contributed by atoms with van der Waals surface area (Å²) in [5.41, 5.74) is 1.91. The van der Waals surface area contributed by atoms with Gasteiger partial charge in [-0.3, -0.25) is 14.5 Å². The first-order valence-electron chi connectivity index (χ1n) is 10.4. The summed E-state index contributed by atoms with van der Waals surface area (Å²) in [5.74, 6) is -0.414. The van der Waals surface area contributed by atoms with Crippen LogP contribution in [-0.4, -0.2) is 46.9 Å². The van der Waals surface area contributed by atoms with Gasteiger partial charge in [-0.05, 0) is 37.1 Å². The summed E-state index contributed by atoms with van der Waals surface area (Å²) in [7, 11) is 0. The van der Waals surface area contributed by atoms with Gasteiger partial charge >= 0.3 is 6.03 Å². The molecule has 0 radical (unpaired) electrons. The molecule has 0 saturated carbocycles. The number of piperidine rings is 1. The number of likely N-dealkylation sites (tertiary alicyclic amines) is 1. The van der Waals surface area contributed by atoms with Crippen molar-refractivity contribution in [2.75, 3.05) is 23.3 Å². The Bertz CT molecular complexity index is 1240. The third-order valence-corrected chi connectivity index (χ3v) is 6.81. The van der Waals surface area contributed by atoms with Crippen molar-refractivity contribution >= 4 is 56.5 Å². The minimum atomic E-state index is -0.330. The molecule has 4 amide bonds. The Morgan fingerprint density at radius 3 is 2.84 bits per heavy atom. The first-order valence-corrected chi connectivity index (χ1v) is 11.2. The van der Waals surface area contributed by atoms with E-state index in [0.717, 1.165) is 23.9 Å². The summed E-state index contributed by atoms with van der Waals surface area (Å²) < 4.78 is 0. The Hall–Kier alpha value is -3.72. The predicted molar refractivity (Wildman–Crippen MR) is 124 cm³/mol. The first-order chi connectivity index (χ1) is 15.6. The number of amides is 4. The third-order valence-electron chi connectivity index (χ3n) is 5.71. The van der Waals surface area contributed by atoms with Gasteiger partial charge in [-0.25, -0.2) is 9.78 Å². The Morgan fingerprint density at radius 2 is 2.06 bits per heavy atom. The van der Waals surface area contributed by atoms with Gasteiger partial charge in [0.05, 0.1) is 22.4 Å². The van der Waals surface area contributed by atoms with E-state index in [1.165, 1.54) is 17.4 Å². The van der Waals surface area contributed by atoms with Crippen LogP contribution in [0.15, 0.2) is 55.3 Å². The van der Waals surface area contributed by atoms with Crippen LogP contribution >= 0.6 is 11.3 Å². The molecule has 3 aromatic rings. The fourth-order valence-corrected chi connectivity index (χ4v) is 5.28. The summed E-state index contributed by atoms with van der Waals surface area (Å²) in [6.07, 6.45) is 4.53. The van der Waals surface area contributed by atoms with E-state index < -0.39 is 0 Å². The molecule has 2 aromatic heterocycles. The molecule has 1 fully saturated rings. The molecule has 0 bridgehead atoms. The van der Waals surface area contributed by atoms with Crippen LogP contribution in [0.1, 0.15) is 22.5 Å². The van der Waals surface area contributed by atoms with E-state index in [0.29, 0.717) is 34.2 Å². The van der Waals surface area contributed by atoms with Crippen molar-refractivity contribution in [1.29, 1.82) is 0 Å². The van der Waals surface area contributed by atoms with E-state index in [1.54, 1.807) is 22.1 Å². The number of aromatic nitrogens is 1. The number of rotatable bonds is 4. The fraction of sp³-hybridized carbons (Fsp3) is 0.217. The Labute approximate surface area is 188 Å². The molecule has 32 heavy (non-hydrogen) atoms. The van der Waals surface area contributed by atoms with Crippen molar-refractivity contribution < 1.29 is 14.4 Å². The number of hydrogen-bond acceptors (Lipinski definition) is 5. The zero-order valence-corrected chi connectivity index (χ0v) is 18.0. The number of carbonyl (C=O) groups is 3. The van der Waals surface area contributed by atoms with Crippen LogP contribution < -0.4 is 15.5 Å². The molecule has 2 N–H and O–H groups in total. The molecular weight excluding hydrogens is 426 g/mol. The van der Waals surface area contributed by atoms with Crippen molar-refractivity contribution in [3.8, 4) is 0 Å². The summed E-state index contributed by atoms with van der Waals surface area (Å²) >= 11 is 1.25. The number of hydrogen-bond donors (Lipinski definition) is 2. The Kier molecular flexibility index (Phi) is 5.10. The molecule has 4 heterocycles. The molecular formula is C23H21N5O3S. The van der Waals surface area contributed by atoms with Crippen LogP contribution in [0, 0.1) is 0 Å². The molecule has 0 aliphatic carbocycles. The van der Waals surface area contributed by atoms with Crippen LogP contribution in [0.5, 0.6) is 0 Å². The standard InChI is InChI=1S/C23H21N5O3S/c1-2-17(29)27-12-6-7-14(13-27)25-21(30)20-19-18-16(10-11-24-22(18)32-20)28(23(31)26-19)15-8-4-3-5-9-15/h2-5,8-11,14H,1,6-7,12-13H2,(H,25,30)(H,26,31). The zero-order valence-electron chi connectivity index (χ0n) is 17.2. The smallest absolute Gasteiger partial charge is 0.331 e. The monoisotopic (exact) mass is 447 g/mol. The van der Waals surface area contributed by atoms with Crippen LogP contribution in [0.4, 0.5) is 21.9 Å². The number of carbonyl (C=O) groups excluding carboxylic acids is 3. The topological polar surface area (TPSA) is 94.6 Å². The second-order valence-corrected chi connectivity index (χ2v) is 8.72. The molecule has 8 nitrogen and oxygen atoms in total. The van der Waals surface area contributed by atoms with E-state index in [1.807, 2.05) is 30.3 Å². The molecule has 0 spiro atoms. The molecule has 2 aliphatic rings. The molecule has 1 saturated heterocycles. The van der Waals surface area contributed by atoms with Gasteiger partial charge in [-0.1, -0.05) is 24.8 Å². The number of anilines is 3. The number of pyridine rings is 1. The lowest BCUT2D eigenvalue weighted by Crippen LogP contribution is -2.49. The number of benzene rings is 1. The summed E-state index contributed by atoms with van der Waals surface area (Å²) in [4.78, 5) is 47.0. The molecule has 1 unspecified atom stereocenters.